The second kappa shape index (κ2) is 7.70. The molecule has 2 aromatic carbocycles. The molecule has 28 heavy (non-hydrogen) atoms. The lowest BCUT2D eigenvalue weighted by atomic mass is 10.1. The number of rotatable bonds is 5. The molecule has 1 aliphatic heterocycles. The van der Waals surface area contributed by atoms with Gasteiger partial charge in [0.25, 0.3) is 11.8 Å². The van der Waals surface area contributed by atoms with Crippen molar-refractivity contribution in [1.29, 1.82) is 0 Å². The Morgan fingerprint density at radius 3 is 2.46 bits per heavy atom. The molecular formula is C22H16ClNO3S. The van der Waals surface area contributed by atoms with Crippen LogP contribution >= 0.6 is 23.4 Å². The third-order valence-electron chi connectivity index (χ3n) is 4.46. The molecular weight excluding hydrogens is 394 g/mol. The quantitative estimate of drug-likeness (QED) is 0.525. The van der Waals surface area contributed by atoms with E-state index in [1.165, 1.54) is 16.7 Å². The smallest absolute Gasteiger partial charge is 0.272 e. The zero-order valence-corrected chi connectivity index (χ0v) is 16.6. The molecule has 0 saturated carbocycles. The summed E-state index contributed by atoms with van der Waals surface area (Å²) in [5.74, 6) is 0.501. The molecule has 0 spiro atoms. The summed E-state index contributed by atoms with van der Waals surface area (Å²) in [5.41, 5.74) is 2.46. The Labute approximate surface area is 171 Å². The maximum atomic E-state index is 13.3. The summed E-state index contributed by atoms with van der Waals surface area (Å²) in [6.45, 7) is 1.87. The number of hydrogen-bond acceptors (Lipinski definition) is 4. The van der Waals surface area contributed by atoms with E-state index in [1.54, 1.807) is 30.5 Å². The topological polar surface area (TPSA) is 50.5 Å². The van der Waals surface area contributed by atoms with E-state index in [-0.39, 0.29) is 11.8 Å². The average Bonchev–Trinajstić information content (AvgIpc) is 3.29. The number of carbonyl (C=O) groups is 2. The van der Waals surface area contributed by atoms with Gasteiger partial charge in [-0.15, -0.1) is 11.8 Å². The van der Waals surface area contributed by atoms with Crippen LogP contribution in [0.2, 0.25) is 5.02 Å². The van der Waals surface area contributed by atoms with Crippen molar-refractivity contribution >= 4 is 46.4 Å². The second-order valence-electron chi connectivity index (χ2n) is 6.32. The Morgan fingerprint density at radius 2 is 1.79 bits per heavy atom. The van der Waals surface area contributed by atoms with Crippen LogP contribution in [-0.4, -0.2) is 11.8 Å². The van der Waals surface area contributed by atoms with Crippen LogP contribution in [0.1, 0.15) is 16.9 Å². The Bertz CT molecular complexity index is 1070. The lowest BCUT2D eigenvalue weighted by Gasteiger charge is -2.16. The van der Waals surface area contributed by atoms with Crippen LogP contribution in [0.4, 0.5) is 5.69 Å². The van der Waals surface area contributed by atoms with E-state index in [0.717, 1.165) is 11.3 Å². The summed E-state index contributed by atoms with van der Waals surface area (Å²) in [6.07, 6.45) is 1.59. The van der Waals surface area contributed by atoms with Gasteiger partial charge in [0.05, 0.1) is 28.2 Å². The third-order valence-corrected chi connectivity index (χ3v) is 5.96. The number of imide groups is 1. The number of furan rings is 1. The summed E-state index contributed by atoms with van der Waals surface area (Å²) >= 11 is 7.53. The van der Waals surface area contributed by atoms with Crippen molar-refractivity contribution in [1.82, 2.24) is 0 Å². The van der Waals surface area contributed by atoms with Gasteiger partial charge in [-0.05, 0) is 42.3 Å². The normalized spacial score (nSPS) is 14.3. The number of thioether (sulfide) groups is 1. The highest BCUT2D eigenvalue weighted by molar-refractivity contribution is 8.03. The van der Waals surface area contributed by atoms with E-state index < -0.39 is 0 Å². The van der Waals surface area contributed by atoms with Crippen molar-refractivity contribution in [2.45, 2.75) is 12.7 Å². The SMILES string of the molecule is Cc1ccc(N2C(=O)C(SCc3ccco3)=C(c3ccccc3)C2=O)cc1Cl. The van der Waals surface area contributed by atoms with Crippen molar-refractivity contribution < 1.29 is 14.0 Å². The van der Waals surface area contributed by atoms with E-state index in [1.807, 2.05) is 43.3 Å². The first-order chi connectivity index (χ1) is 13.6. The van der Waals surface area contributed by atoms with Crippen molar-refractivity contribution in [3.8, 4) is 0 Å². The molecule has 0 saturated heterocycles. The van der Waals surface area contributed by atoms with Gasteiger partial charge in [0.15, 0.2) is 0 Å². The summed E-state index contributed by atoms with van der Waals surface area (Å²) < 4.78 is 5.37. The molecule has 140 valence electrons. The number of benzene rings is 2. The van der Waals surface area contributed by atoms with E-state index in [4.69, 9.17) is 16.0 Å². The molecule has 0 unspecified atom stereocenters. The minimum Gasteiger partial charge on any atom is -0.468 e. The van der Waals surface area contributed by atoms with Crippen LogP contribution in [0.3, 0.4) is 0 Å². The summed E-state index contributed by atoms with van der Waals surface area (Å²) in [7, 11) is 0. The molecule has 4 nitrogen and oxygen atoms in total. The van der Waals surface area contributed by atoms with Crippen LogP contribution in [0.15, 0.2) is 76.2 Å². The van der Waals surface area contributed by atoms with Gasteiger partial charge in [0.1, 0.15) is 5.76 Å². The van der Waals surface area contributed by atoms with Gasteiger partial charge >= 0.3 is 0 Å². The average molecular weight is 410 g/mol. The van der Waals surface area contributed by atoms with Gasteiger partial charge in [-0.25, -0.2) is 4.90 Å². The first-order valence-electron chi connectivity index (χ1n) is 8.66. The second-order valence-corrected chi connectivity index (χ2v) is 7.71. The zero-order valence-electron chi connectivity index (χ0n) is 15.0. The van der Waals surface area contributed by atoms with E-state index in [2.05, 4.69) is 0 Å². The minimum absolute atomic E-state index is 0.347. The van der Waals surface area contributed by atoms with Crippen LogP contribution in [0.5, 0.6) is 0 Å². The largest absolute Gasteiger partial charge is 0.468 e. The highest BCUT2D eigenvalue weighted by Gasteiger charge is 2.40. The van der Waals surface area contributed by atoms with E-state index in [0.29, 0.717) is 32.5 Å². The first kappa shape index (κ1) is 18.6. The van der Waals surface area contributed by atoms with Crippen LogP contribution in [0.25, 0.3) is 5.57 Å². The van der Waals surface area contributed by atoms with Gasteiger partial charge in [-0.2, -0.15) is 0 Å². The third kappa shape index (κ3) is 3.39. The standard InChI is InChI=1S/C22H16ClNO3S/c1-14-9-10-16(12-18(14)23)24-21(25)19(15-6-3-2-4-7-15)20(22(24)26)28-13-17-8-5-11-27-17/h2-12H,13H2,1H3. The summed E-state index contributed by atoms with van der Waals surface area (Å²) in [6, 6.07) is 18.1. The lowest BCUT2D eigenvalue weighted by molar-refractivity contribution is -0.119. The zero-order chi connectivity index (χ0) is 19.7. The minimum atomic E-state index is -0.349. The lowest BCUT2D eigenvalue weighted by Crippen LogP contribution is -2.31. The number of anilines is 1. The van der Waals surface area contributed by atoms with Gasteiger partial charge in [-0.3, -0.25) is 9.59 Å². The molecule has 0 aliphatic carbocycles. The molecule has 2 amide bonds. The van der Waals surface area contributed by atoms with Gasteiger partial charge in [-0.1, -0.05) is 48.0 Å². The molecule has 0 bridgehead atoms. The molecule has 4 rings (SSSR count). The van der Waals surface area contributed by atoms with Gasteiger partial charge < -0.3 is 4.42 Å². The van der Waals surface area contributed by atoms with Gasteiger partial charge in [0.2, 0.25) is 0 Å². The number of carbonyl (C=O) groups excluding carboxylic acids is 2. The molecule has 0 radical (unpaired) electrons. The maximum absolute atomic E-state index is 13.3. The van der Waals surface area contributed by atoms with Crippen LogP contribution < -0.4 is 4.90 Å². The van der Waals surface area contributed by atoms with Crippen molar-refractivity contribution in [3.05, 3.63) is 93.7 Å². The fraction of sp³-hybridized carbons (Fsp3) is 0.0909. The Balaban J connectivity index is 1.75. The number of aryl methyl sites for hydroxylation is 1. The Morgan fingerprint density at radius 1 is 1.00 bits per heavy atom. The molecule has 6 heteroatoms. The number of halogens is 1. The molecule has 0 N–H and O–H groups in total. The molecule has 0 atom stereocenters. The highest BCUT2D eigenvalue weighted by Crippen LogP contribution is 2.40. The highest BCUT2D eigenvalue weighted by atomic mass is 35.5. The number of amides is 2. The number of nitrogens with zero attached hydrogens (tertiary/aromatic N) is 1. The van der Waals surface area contributed by atoms with E-state index >= 15 is 0 Å². The van der Waals surface area contributed by atoms with Crippen LogP contribution in [-0.2, 0) is 15.3 Å². The monoisotopic (exact) mass is 409 g/mol. The molecule has 1 aliphatic rings. The predicted molar refractivity (Wildman–Crippen MR) is 112 cm³/mol. The maximum Gasteiger partial charge on any atom is 0.272 e. The van der Waals surface area contributed by atoms with E-state index in [9.17, 15) is 9.59 Å². The van der Waals surface area contributed by atoms with Crippen LogP contribution in [0, 0.1) is 6.92 Å². The molecule has 3 aromatic rings. The Hall–Kier alpha value is -2.76. The molecule has 1 aromatic heterocycles. The molecule has 0 fully saturated rings. The fourth-order valence-electron chi connectivity index (χ4n) is 3.00. The number of hydrogen-bond donors (Lipinski definition) is 0. The summed E-state index contributed by atoms with van der Waals surface area (Å²) in [4.78, 5) is 28.1. The van der Waals surface area contributed by atoms with Gasteiger partial charge in [0, 0.05) is 5.02 Å². The Kier molecular flexibility index (Phi) is 5.11. The van der Waals surface area contributed by atoms with Crippen molar-refractivity contribution in [2.75, 3.05) is 4.90 Å². The molecule has 2 heterocycles. The van der Waals surface area contributed by atoms with Crippen molar-refractivity contribution in [2.24, 2.45) is 0 Å². The summed E-state index contributed by atoms with van der Waals surface area (Å²) in [5, 5.41) is 0.510. The predicted octanol–water partition coefficient (Wildman–Crippen LogP) is 5.46. The fourth-order valence-corrected chi connectivity index (χ4v) is 4.19. The van der Waals surface area contributed by atoms with Crippen molar-refractivity contribution in [3.63, 3.8) is 0 Å². The first-order valence-corrected chi connectivity index (χ1v) is 10.0.